The number of carbonyl (C=O) groups is 3. The van der Waals surface area contributed by atoms with Crippen LogP contribution in [0.4, 0.5) is 5.69 Å². The van der Waals surface area contributed by atoms with E-state index >= 15 is 0 Å². The second-order valence-corrected chi connectivity index (χ2v) is 12.4. The molecule has 4 aromatic rings. The summed E-state index contributed by atoms with van der Waals surface area (Å²) in [5.74, 6) is -0.717. The second kappa shape index (κ2) is 16.4. The smallest absolute Gasteiger partial charge is 0.303 e. The average molecular weight is 655 g/mol. The Kier molecular flexibility index (Phi) is 11.8. The predicted molar refractivity (Wildman–Crippen MR) is 180 cm³/mol. The molecule has 0 radical (unpaired) electrons. The molecule has 1 heterocycles. The Bertz CT molecular complexity index is 1660. The highest BCUT2D eigenvalue weighted by Crippen LogP contribution is 2.40. The fraction of sp³-hybridized carbons (Fsp3) is 0.270. The molecule has 244 valence electrons. The molecule has 0 bridgehead atoms. The molecule has 1 saturated heterocycles. The van der Waals surface area contributed by atoms with Crippen molar-refractivity contribution in [2.75, 3.05) is 11.1 Å². The number of benzene rings is 4. The van der Waals surface area contributed by atoms with Crippen molar-refractivity contribution < 1.29 is 34.1 Å². The molecule has 1 fully saturated rings. The van der Waals surface area contributed by atoms with Crippen molar-refractivity contribution in [3.63, 3.8) is 0 Å². The molecule has 0 unspecified atom stereocenters. The van der Waals surface area contributed by atoms with Crippen LogP contribution < -0.4 is 10.6 Å². The first kappa shape index (κ1) is 33.9. The third kappa shape index (κ3) is 9.76. The topological polar surface area (TPSA) is 134 Å². The quantitative estimate of drug-likeness (QED) is 0.118. The van der Waals surface area contributed by atoms with Gasteiger partial charge >= 0.3 is 5.97 Å². The van der Waals surface area contributed by atoms with Crippen molar-refractivity contribution in [1.82, 2.24) is 5.32 Å². The number of aliphatic hydroxyl groups excluding tert-OH is 1. The van der Waals surface area contributed by atoms with Gasteiger partial charge in [-0.15, -0.1) is 11.8 Å². The van der Waals surface area contributed by atoms with Crippen LogP contribution in [0.1, 0.15) is 60.8 Å². The van der Waals surface area contributed by atoms with Gasteiger partial charge < -0.3 is 30.3 Å². The molecule has 10 heteroatoms. The summed E-state index contributed by atoms with van der Waals surface area (Å²) in [6, 6.07) is 31.3. The van der Waals surface area contributed by atoms with E-state index in [-0.39, 0.29) is 50.0 Å². The highest BCUT2D eigenvalue weighted by molar-refractivity contribution is 7.99. The van der Waals surface area contributed by atoms with E-state index < -0.39 is 12.3 Å². The summed E-state index contributed by atoms with van der Waals surface area (Å²) in [5, 5.41) is 24.0. The monoisotopic (exact) mass is 654 g/mol. The number of ether oxygens (including phenoxy) is 2. The van der Waals surface area contributed by atoms with E-state index in [0.29, 0.717) is 12.2 Å². The Labute approximate surface area is 278 Å². The number of carbonyl (C=O) groups excluding carboxylic acids is 2. The van der Waals surface area contributed by atoms with Gasteiger partial charge in [0.25, 0.3) is 0 Å². The summed E-state index contributed by atoms with van der Waals surface area (Å²) < 4.78 is 13.0. The number of hydrogen-bond donors (Lipinski definition) is 4. The van der Waals surface area contributed by atoms with Gasteiger partial charge in [0, 0.05) is 48.2 Å². The number of carboxylic acids is 1. The van der Waals surface area contributed by atoms with Crippen LogP contribution in [0.3, 0.4) is 0 Å². The van der Waals surface area contributed by atoms with Gasteiger partial charge in [-0.2, -0.15) is 0 Å². The van der Waals surface area contributed by atoms with E-state index in [2.05, 4.69) is 10.6 Å². The van der Waals surface area contributed by atoms with Crippen LogP contribution in [0.15, 0.2) is 102 Å². The van der Waals surface area contributed by atoms with E-state index in [1.807, 2.05) is 97.1 Å². The fourth-order valence-electron chi connectivity index (χ4n) is 5.33. The van der Waals surface area contributed by atoms with Gasteiger partial charge in [-0.3, -0.25) is 14.4 Å². The van der Waals surface area contributed by atoms with Crippen molar-refractivity contribution in [2.24, 2.45) is 0 Å². The highest BCUT2D eigenvalue weighted by atomic mass is 32.2. The molecule has 0 saturated carbocycles. The van der Waals surface area contributed by atoms with E-state index in [4.69, 9.17) is 14.6 Å². The van der Waals surface area contributed by atoms with Crippen LogP contribution in [0.2, 0.25) is 0 Å². The van der Waals surface area contributed by atoms with Crippen LogP contribution in [0.5, 0.6) is 0 Å². The molecular weight excluding hydrogens is 616 g/mol. The summed E-state index contributed by atoms with van der Waals surface area (Å²) in [6.07, 6.45) is -0.528. The number of rotatable bonds is 13. The van der Waals surface area contributed by atoms with Crippen LogP contribution >= 0.6 is 11.8 Å². The number of amides is 2. The minimum atomic E-state index is -1.00. The average Bonchev–Trinajstić information content (AvgIpc) is 3.09. The molecular formula is C37H38N2O7S. The lowest BCUT2D eigenvalue weighted by molar-refractivity contribution is -0.245. The Hall–Kier alpha value is -4.48. The standard InChI is InChI=1S/C37H38N2O7S/c1-24(41)39-30-14-16-32(17-15-30)47-23-31-20-34(27-8-6-25(22-40)7-9-27)46-37(45-31)28-12-10-26(11-13-28)33-5-3-2-4-29(33)21-38-35(42)18-19-36(43)44/h2-17,31,34,37,40H,18-23H2,1H3,(H,38,42)(H,39,41)(H,43,44)/t31-,34+,37+/m0/s1. The predicted octanol–water partition coefficient (Wildman–Crippen LogP) is 6.62. The molecule has 5 rings (SSSR count). The van der Waals surface area contributed by atoms with Crippen molar-refractivity contribution in [1.29, 1.82) is 0 Å². The van der Waals surface area contributed by atoms with E-state index in [1.54, 1.807) is 11.8 Å². The van der Waals surface area contributed by atoms with Gasteiger partial charge in [-0.05, 0) is 52.1 Å². The number of thioether (sulfide) groups is 1. The zero-order chi connectivity index (χ0) is 33.2. The maximum Gasteiger partial charge on any atom is 0.303 e. The van der Waals surface area contributed by atoms with Crippen LogP contribution in [-0.4, -0.2) is 39.9 Å². The third-order valence-corrected chi connectivity index (χ3v) is 8.92. The first-order valence-corrected chi connectivity index (χ1v) is 16.4. The summed E-state index contributed by atoms with van der Waals surface area (Å²) in [7, 11) is 0. The van der Waals surface area contributed by atoms with E-state index in [1.165, 1.54) is 6.92 Å². The Morgan fingerprint density at radius 1 is 0.851 bits per heavy atom. The minimum absolute atomic E-state index is 0.0237. The lowest BCUT2D eigenvalue weighted by Crippen LogP contribution is -2.31. The Morgan fingerprint density at radius 2 is 1.55 bits per heavy atom. The van der Waals surface area contributed by atoms with Gasteiger partial charge in [-0.1, -0.05) is 72.8 Å². The van der Waals surface area contributed by atoms with E-state index in [0.717, 1.165) is 44.0 Å². The number of nitrogens with one attached hydrogen (secondary N) is 2. The maximum absolute atomic E-state index is 12.1. The fourth-order valence-corrected chi connectivity index (χ4v) is 6.25. The molecule has 0 aromatic heterocycles. The van der Waals surface area contributed by atoms with Gasteiger partial charge in [0.15, 0.2) is 6.29 Å². The zero-order valence-electron chi connectivity index (χ0n) is 26.1. The molecule has 2 amide bonds. The van der Waals surface area contributed by atoms with Gasteiger partial charge in [0.05, 0.1) is 25.2 Å². The summed E-state index contributed by atoms with van der Waals surface area (Å²) in [5.41, 5.74) is 6.32. The van der Waals surface area contributed by atoms with Crippen molar-refractivity contribution in [3.05, 3.63) is 119 Å². The van der Waals surface area contributed by atoms with Crippen molar-refractivity contribution in [2.45, 2.75) is 62.7 Å². The zero-order valence-corrected chi connectivity index (χ0v) is 26.9. The number of carboxylic acid groups (broad SMARTS) is 1. The van der Waals surface area contributed by atoms with Crippen LogP contribution in [0.25, 0.3) is 11.1 Å². The van der Waals surface area contributed by atoms with Gasteiger partial charge in [0.2, 0.25) is 11.8 Å². The summed E-state index contributed by atoms with van der Waals surface area (Å²) in [6.45, 7) is 1.75. The molecule has 1 aliphatic heterocycles. The lowest BCUT2D eigenvalue weighted by Gasteiger charge is -2.36. The van der Waals surface area contributed by atoms with Crippen molar-refractivity contribution in [3.8, 4) is 11.1 Å². The lowest BCUT2D eigenvalue weighted by atomic mass is 9.97. The van der Waals surface area contributed by atoms with E-state index in [9.17, 15) is 19.5 Å². The first-order chi connectivity index (χ1) is 22.8. The Balaban J connectivity index is 1.30. The summed E-state index contributed by atoms with van der Waals surface area (Å²) >= 11 is 1.68. The SMILES string of the molecule is CC(=O)Nc1ccc(SC[C@@H]2C[C@H](c3ccc(CO)cc3)O[C@H](c3ccc(-c4ccccc4CNC(=O)CCC(=O)O)cc3)O2)cc1. The van der Waals surface area contributed by atoms with Crippen LogP contribution in [-0.2, 0) is 37.0 Å². The highest BCUT2D eigenvalue weighted by Gasteiger charge is 2.32. The van der Waals surface area contributed by atoms with Gasteiger partial charge in [-0.25, -0.2) is 0 Å². The molecule has 1 aliphatic rings. The van der Waals surface area contributed by atoms with Crippen LogP contribution in [0, 0.1) is 0 Å². The number of aliphatic hydroxyl groups is 1. The molecule has 0 aliphatic carbocycles. The van der Waals surface area contributed by atoms with Gasteiger partial charge in [0.1, 0.15) is 0 Å². The van der Waals surface area contributed by atoms with Crippen molar-refractivity contribution >= 4 is 35.2 Å². The molecule has 4 aromatic carbocycles. The molecule has 4 N–H and O–H groups in total. The molecule has 3 atom stereocenters. The summed E-state index contributed by atoms with van der Waals surface area (Å²) in [4.78, 5) is 35.4. The Morgan fingerprint density at radius 3 is 2.23 bits per heavy atom. The molecule has 9 nitrogen and oxygen atoms in total. The number of aliphatic carboxylic acids is 1. The molecule has 47 heavy (non-hydrogen) atoms. The second-order valence-electron chi connectivity index (χ2n) is 11.3. The first-order valence-electron chi connectivity index (χ1n) is 15.4. The largest absolute Gasteiger partial charge is 0.481 e. The molecule has 0 spiro atoms. The normalized spacial score (nSPS) is 17.5. The number of anilines is 1. The third-order valence-electron chi connectivity index (χ3n) is 7.78. The number of hydrogen-bond acceptors (Lipinski definition) is 7. The minimum Gasteiger partial charge on any atom is -0.481 e. The maximum atomic E-state index is 12.1.